The minimum absolute atomic E-state index is 0.0184. The molecule has 9 heteroatoms. The van der Waals surface area contributed by atoms with Gasteiger partial charge in [0, 0.05) is 30.5 Å². The lowest BCUT2D eigenvalue weighted by Crippen LogP contribution is -2.45. The fourth-order valence-electron chi connectivity index (χ4n) is 2.74. The Morgan fingerprint density at radius 3 is 2.65 bits per heavy atom. The van der Waals surface area contributed by atoms with E-state index in [2.05, 4.69) is 10.3 Å². The number of ether oxygens (including phenoxy) is 1. The number of alkyl halides is 2. The number of carboxylic acid groups (broad SMARTS) is 1. The first-order valence-corrected chi connectivity index (χ1v) is 8.20. The van der Waals surface area contributed by atoms with Crippen molar-refractivity contribution in [3.63, 3.8) is 0 Å². The summed E-state index contributed by atoms with van der Waals surface area (Å²) in [5.74, 6) is -4.22. The van der Waals surface area contributed by atoms with Crippen LogP contribution in [0.3, 0.4) is 0 Å². The highest BCUT2D eigenvalue weighted by molar-refractivity contribution is 5.80. The largest absolute Gasteiger partial charge is 0.480 e. The van der Waals surface area contributed by atoms with E-state index in [4.69, 9.17) is 4.74 Å². The van der Waals surface area contributed by atoms with Crippen molar-refractivity contribution >= 4 is 12.1 Å². The monoisotopic (exact) mass is 372 g/mol. The van der Waals surface area contributed by atoms with E-state index in [0.717, 1.165) is 0 Å². The molecule has 0 spiro atoms. The third-order valence-corrected chi connectivity index (χ3v) is 3.90. The SMILES string of the molecule is CC(C)(C)OC(=O)NC(Cc1cc2c([nH]c1=O)CCC(F)(F)C2)C(=O)O. The number of halogens is 2. The van der Waals surface area contributed by atoms with Gasteiger partial charge in [-0.15, -0.1) is 0 Å². The highest BCUT2D eigenvalue weighted by Crippen LogP contribution is 2.31. The van der Waals surface area contributed by atoms with Gasteiger partial charge in [-0.3, -0.25) is 4.79 Å². The molecule has 7 nitrogen and oxygen atoms in total. The number of alkyl carbamates (subject to hydrolysis) is 1. The van der Waals surface area contributed by atoms with Gasteiger partial charge in [-0.1, -0.05) is 0 Å². The Morgan fingerprint density at radius 1 is 1.42 bits per heavy atom. The van der Waals surface area contributed by atoms with Gasteiger partial charge in [0.1, 0.15) is 11.6 Å². The fourth-order valence-corrected chi connectivity index (χ4v) is 2.74. The van der Waals surface area contributed by atoms with Gasteiger partial charge in [0.15, 0.2) is 0 Å². The molecule has 2 rings (SSSR count). The molecule has 1 aliphatic rings. The smallest absolute Gasteiger partial charge is 0.408 e. The number of aromatic nitrogens is 1. The molecule has 26 heavy (non-hydrogen) atoms. The van der Waals surface area contributed by atoms with Crippen LogP contribution in [0.25, 0.3) is 0 Å². The van der Waals surface area contributed by atoms with E-state index < -0.39 is 41.6 Å². The zero-order valence-electron chi connectivity index (χ0n) is 14.8. The highest BCUT2D eigenvalue weighted by atomic mass is 19.3. The van der Waals surface area contributed by atoms with Crippen molar-refractivity contribution < 1.29 is 28.2 Å². The van der Waals surface area contributed by atoms with Crippen LogP contribution in [0.4, 0.5) is 13.6 Å². The van der Waals surface area contributed by atoms with Crippen LogP contribution in [0.15, 0.2) is 10.9 Å². The molecule has 0 radical (unpaired) electrons. The van der Waals surface area contributed by atoms with Crippen LogP contribution >= 0.6 is 0 Å². The number of aliphatic carboxylic acids is 1. The Balaban J connectivity index is 2.20. The molecule has 1 aromatic heterocycles. The van der Waals surface area contributed by atoms with E-state index in [-0.39, 0.29) is 30.4 Å². The molecule has 1 heterocycles. The number of nitrogens with one attached hydrogen (secondary N) is 2. The number of pyridine rings is 1. The Kier molecular flexibility index (Phi) is 5.39. The first-order chi connectivity index (χ1) is 11.9. The minimum atomic E-state index is -2.86. The van der Waals surface area contributed by atoms with E-state index in [9.17, 15) is 28.3 Å². The zero-order chi connectivity index (χ0) is 19.7. The van der Waals surface area contributed by atoms with E-state index in [1.165, 1.54) is 6.07 Å². The summed E-state index contributed by atoms with van der Waals surface area (Å²) in [4.78, 5) is 37.9. The molecule has 1 aliphatic carbocycles. The van der Waals surface area contributed by atoms with Crippen molar-refractivity contribution in [2.75, 3.05) is 0 Å². The Labute approximate surface area is 148 Å². The molecule has 1 atom stereocenters. The van der Waals surface area contributed by atoms with Crippen molar-refractivity contribution in [2.24, 2.45) is 0 Å². The van der Waals surface area contributed by atoms with E-state index in [1.807, 2.05) is 0 Å². The van der Waals surface area contributed by atoms with Crippen molar-refractivity contribution in [3.8, 4) is 0 Å². The van der Waals surface area contributed by atoms with E-state index in [1.54, 1.807) is 20.8 Å². The summed E-state index contributed by atoms with van der Waals surface area (Å²) in [6, 6.07) is -0.124. The second kappa shape index (κ2) is 7.05. The van der Waals surface area contributed by atoms with Gasteiger partial charge in [0.05, 0.1) is 0 Å². The predicted molar refractivity (Wildman–Crippen MR) is 88.5 cm³/mol. The molecule has 0 saturated carbocycles. The number of amides is 1. The molecule has 144 valence electrons. The summed E-state index contributed by atoms with van der Waals surface area (Å²) in [5.41, 5.74) is -0.618. The second-order valence-corrected chi connectivity index (χ2v) is 7.40. The molecule has 0 saturated heterocycles. The van der Waals surface area contributed by atoms with Crippen molar-refractivity contribution in [1.82, 2.24) is 10.3 Å². The molecule has 0 fully saturated rings. The lowest BCUT2D eigenvalue weighted by atomic mass is 9.91. The first-order valence-electron chi connectivity index (χ1n) is 8.20. The summed E-state index contributed by atoms with van der Waals surface area (Å²) >= 11 is 0. The van der Waals surface area contributed by atoms with Crippen LogP contribution in [-0.2, 0) is 28.8 Å². The number of hydrogen-bond donors (Lipinski definition) is 3. The van der Waals surface area contributed by atoms with Gasteiger partial charge in [-0.2, -0.15) is 0 Å². The number of carboxylic acids is 1. The Bertz CT molecular complexity index is 767. The molecule has 1 aromatic rings. The van der Waals surface area contributed by atoms with Crippen LogP contribution < -0.4 is 10.9 Å². The lowest BCUT2D eigenvalue weighted by Gasteiger charge is -2.25. The number of aryl methyl sites for hydroxylation is 1. The maximum absolute atomic E-state index is 13.6. The zero-order valence-corrected chi connectivity index (χ0v) is 14.8. The molecule has 1 amide bonds. The van der Waals surface area contributed by atoms with Crippen molar-refractivity contribution in [1.29, 1.82) is 0 Å². The van der Waals surface area contributed by atoms with Crippen molar-refractivity contribution in [3.05, 3.63) is 33.2 Å². The van der Waals surface area contributed by atoms with Gasteiger partial charge in [0.2, 0.25) is 0 Å². The first kappa shape index (κ1) is 19.9. The summed E-state index contributed by atoms with van der Waals surface area (Å²) in [5, 5.41) is 11.5. The van der Waals surface area contributed by atoms with Crippen LogP contribution in [0, 0.1) is 0 Å². The fraction of sp³-hybridized carbons (Fsp3) is 0.588. The number of carbonyl (C=O) groups is 2. The van der Waals surface area contributed by atoms with Gasteiger partial charge in [-0.05, 0) is 38.8 Å². The van der Waals surface area contributed by atoms with Gasteiger partial charge < -0.3 is 20.1 Å². The van der Waals surface area contributed by atoms with Crippen LogP contribution in [0.1, 0.15) is 44.0 Å². The predicted octanol–water partition coefficient (Wildman–Crippen LogP) is 2.02. The maximum atomic E-state index is 13.6. The molecular formula is C17H22F2N2O5. The average molecular weight is 372 g/mol. The number of H-pyrrole nitrogens is 1. The quantitative estimate of drug-likeness (QED) is 0.749. The van der Waals surface area contributed by atoms with E-state index >= 15 is 0 Å². The van der Waals surface area contributed by atoms with Crippen LogP contribution in [0.5, 0.6) is 0 Å². The molecule has 0 aliphatic heterocycles. The molecule has 0 aromatic carbocycles. The topological polar surface area (TPSA) is 108 Å². The number of aromatic amines is 1. The summed E-state index contributed by atoms with van der Waals surface area (Å²) in [6.45, 7) is 4.87. The molecule has 3 N–H and O–H groups in total. The normalized spacial score (nSPS) is 17.1. The third-order valence-electron chi connectivity index (χ3n) is 3.90. The van der Waals surface area contributed by atoms with Gasteiger partial charge >= 0.3 is 12.1 Å². The van der Waals surface area contributed by atoms with Crippen LogP contribution in [-0.4, -0.2) is 39.7 Å². The number of hydrogen-bond acceptors (Lipinski definition) is 4. The molecular weight excluding hydrogens is 350 g/mol. The number of rotatable bonds is 4. The summed E-state index contributed by atoms with van der Waals surface area (Å²) in [6.07, 6.45) is -2.08. The molecule has 0 bridgehead atoms. The maximum Gasteiger partial charge on any atom is 0.408 e. The standard InChI is InChI=1S/C17H22F2N2O5/c1-16(2,3)26-15(25)21-12(14(23)24)7-9-6-10-8-17(18,19)5-4-11(10)20-13(9)22/h6,12H,4-5,7-8H2,1-3H3,(H,20,22)(H,21,25)(H,23,24). The lowest BCUT2D eigenvalue weighted by molar-refractivity contribution is -0.139. The Morgan fingerprint density at radius 2 is 2.08 bits per heavy atom. The Hall–Kier alpha value is -2.45. The van der Waals surface area contributed by atoms with E-state index in [0.29, 0.717) is 5.69 Å². The summed E-state index contributed by atoms with van der Waals surface area (Å²) < 4.78 is 32.2. The van der Waals surface area contributed by atoms with Crippen molar-refractivity contribution in [2.45, 2.75) is 64.0 Å². The summed E-state index contributed by atoms with van der Waals surface area (Å²) in [7, 11) is 0. The average Bonchev–Trinajstić information content (AvgIpc) is 2.45. The third kappa shape index (κ3) is 5.27. The number of fused-ring (bicyclic) bond motifs is 1. The minimum Gasteiger partial charge on any atom is -0.480 e. The number of carbonyl (C=O) groups excluding carboxylic acids is 1. The second-order valence-electron chi connectivity index (χ2n) is 7.40. The van der Waals surface area contributed by atoms with Gasteiger partial charge in [-0.25, -0.2) is 18.4 Å². The highest BCUT2D eigenvalue weighted by Gasteiger charge is 2.35. The van der Waals surface area contributed by atoms with Gasteiger partial charge in [0.25, 0.3) is 11.5 Å². The van der Waals surface area contributed by atoms with Crippen LogP contribution in [0.2, 0.25) is 0 Å². The molecule has 1 unspecified atom stereocenters.